The highest BCUT2D eigenvalue weighted by Crippen LogP contribution is 2.23. The molecule has 6 heteroatoms. The number of aromatic nitrogens is 1. The minimum absolute atomic E-state index is 0.0825. The lowest BCUT2D eigenvalue weighted by atomic mass is 10.0. The molecule has 1 atom stereocenters. The summed E-state index contributed by atoms with van der Waals surface area (Å²) in [7, 11) is 3.84. The second kappa shape index (κ2) is 4.72. The predicted molar refractivity (Wildman–Crippen MR) is 66.1 cm³/mol. The lowest BCUT2D eigenvalue weighted by Gasteiger charge is -2.26. The summed E-state index contributed by atoms with van der Waals surface area (Å²) in [6.07, 6.45) is 0.626. The summed E-state index contributed by atoms with van der Waals surface area (Å²) in [4.78, 5) is 19.7. The quantitative estimate of drug-likeness (QED) is 0.843. The van der Waals surface area contributed by atoms with Crippen LogP contribution in [0.4, 0.5) is 0 Å². The van der Waals surface area contributed by atoms with Crippen molar-refractivity contribution in [1.82, 2.24) is 14.8 Å². The SMILES string of the molecule is CN(C)CC1(O)CCN(C(=O)c2cscn2)C1. The van der Waals surface area contributed by atoms with E-state index in [1.165, 1.54) is 11.3 Å². The molecular formula is C11H17N3O2S. The fraction of sp³-hybridized carbons (Fsp3) is 0.636. The van der Waals surface area contributed by atoms with Crippen molar-refractivity contribution in [3.63, 3.8) is 0 Å². The van der Waals surface area contributed by atoms with Crippen LogP contribution in [0.2, 0.25) is 0 Å². The van der Waals surface area contributed by atoms with Crippen LogP contribution in [0, 0.1) is 0 Å². The first kappa shape index (κ1) is 12.5. The fourth-order valence-corrected chi connectivity index (χ4v) is 2.75. The van der Waals surface area contributed by atoms with Crippen molar-refractivity contribution in [2.45, 2.75) is 12.0 Å². The van der Waals surface area contributed by atoms with E-state index in [0.717, 1.165) is 0 Å². The van der Waals surface area contributed by atoms with E-state index in [0.29, 0.717) is 31.7 Å². The minimum atomic E-state index is -0.783. The van der Waals surface area contributed by atoms with Gasteiger partial charge in [0.2, 0.25) is 0 Å². The van der Waals surface area contributed by atoms with Crippen molar-refractivity contribution < 1.29 is 9.90 Å². The zero-order chi connectivity index (χ0) is 12.5. The van der Waals surface area contributed by atoms with Crippen molar-refractivity contribution in [2.24, 2.45) is 0 Å². The minimum Gasteiger partial charge on any atom is -0.387 e. The lowest BCUT2D eigenvalue weighted by molar-refractivity contribution is 0.0235. The summed E-state index contributed by atoms with van der Waals surface area (Å²) in [5.74, 6) is -0.0825. The van der Waals surface area contributed by atoms with Crippen LogP contribution in [0.1, 0.15) is 16.9 Å². The number of hydrogen-bond donors (Lipinski definition) is 1. The van der Waals surface area contributed by atoms with Crippen LogP contribution >= 0.6 is 11.3 Å². The maximum absolute atomic E-state index is 12.0. The van der Waals surface area contributed by atoms with Gasteiger partial charge in [0.05, 0.1) is 17.7 Å². The van der Waals surface area contributed by atoms with Crippen LogP contribution < -0.4 is 0 Å². The topological polar surface area (TPSA) is 56.7 Å². The number of likely N-dealkylation sites (tertiary alicyclic amines) is 1. The van der Waals surface area contributed by atoms with Crippen LogP contribution in [0.15, 0.2) is 10.9 Å². The van der Waals surface area contributed by atoms with E-state index in [1.807, 2.05) is 19.0 Å². The third-order valence-electron chi connectivity index (χ3n) is 2.88. The van der Waals surface area contributed by atoms with Crippen molar-refractivity contribution >= 4 is 17.2 Å². The number of aliphatic hydroxyl groups is 1. The summed E-state index contributed by atoms with van der Waals surface area (Å²) < 4.78 is 0. The van der Waals surface area contributed by atoms with Gasteiger partial charge in [0, 0.05) is 18.5 Å². The number of amides is 1. The summed E-state index contributed by atoms with van der Waals surface area (Å²) in [5, 5.41) is 12.1. The highest BCUT2D eigenvalue weighted by molar-refractivity contribution is 7.07. The summed E-state index contributed by atoms with van der Waals surface area (Å²) in [5.41, 5.74) is 1.34. The van der Waals surface area contributed by atoms with Gasteiger partial charge in [0.15, 0.2) is 0 Å². The van der Waals surface area contributed by atoms with Gasteiger partial charge in [-0.3, -0.25) is 4.79 Å². The molecule has 1 aliphatic heterocycles. The molecule has 1 saturated heterocycles. The molecule has 1 aliphatic rings. The first-order valence-electron chi connectivity index (χ1n) is 5.55. The van der Waals surface area contributed by atoms with E-state index in [1.54, 1.807) is 15.8 Å². The molecule has 94 valence electrons. The number of nitrogens with zero attached hydrogens (tertiary/aromatic N) is 3. The van der Waals surface area contributed by atoms with Crippen LogP contribution in [0.5, 0.6) is 0 Å². The predicted octanol–water partition coefficient (Wildman–Crippen LogP) is 0.282. The van der Waals surface area contributed by atoms with Gasteiger partial charge in [-0.2, -0.15) is 0 Å². The van der Waals surface area contributed by atoms with E-state index in [-0.39, 0.29) is 5.91 Å². The molecule has 0 bridgehead atoms. The van der Waals surface area contributed by atoms with Gasteiger partial charge in [-0.05, 0) is 20.5 Å². The molecule has 0 saturated carbocycles. The van der Waals surface area contributed by atoms with Crippen molar-refractivity contribution in [3.8, 4) is 0 Å². The third kappa shape index (κ3) is 2.83. The number of rotatable bonds is 3. The molecule has 1 N–H and O–H groups in total. The van der Waals surface area contributed by atoms with Gasteiger partial charge in [-0.25, -0.2) is 4.98 Å². The molecule has 0 aliphatic carbocycles. The Morgan fingerprint density at radius 1 is 1.71 bits per heavy atom. The second-order valence-electron chi connectivity index (χ2n) is 4.81. The van der Waals surface area contributed by atoms with E-state index >= 15 is 0 Å². The van der Waals surface area contributed by atoms with Crippen LogP contribution in [0.3, 0.4) is 0 Å². The van der Waals surface area contributed by atoms with E-state index in [9.17, 15) is 9.90 Å². The number of carbonyl (C=O) groups is 1. The van der Waals surface area contributed by atoms with Crippen molar-refractivity contribution in [3.05, 3.63) is 16.6 Å². The molecular weight excluding hydrogens is 238 g/mol. The maximum atomic E-state index is 12.0. The average molecular weight is 255 g/mol. The van der Waals surface area contributed by atoms with Crippen molar-refractivity contribution in [1.29, 1.82) is 0 Å². The number of carbonyl (C=O) groups excluding carboxylic acids is 1. The lowest BCUT2D eigenvalue weighted by Crippen LogP contribution is -2.43. The molecule has 1 aromatic rings. The Labute approximate surface area is 105 Å². The smallest absolute Gasteiger partial charge is 0.273 e. The third-order valence-corrected chi connectivity index (χ3v) is 3.47. The highest BCUT2D eigenvalue weighted by Gasteiger charge is 2.39. The second-order valence-corrected chi connectivity index (χ2v) is 5.53. The number of hydrogen-bond acceptors (Lipinski definition) is 5. The van der Waals surface area contributed by atoms with Crippen LogP contribution in [-0.2, 0) is 0 Å². The summed E-state index contributed by atoms with van der Waals surface area (Å²) in [6, 6.07) is 0. The Morgan fingerprint density at radius 3 is 3.06 bits per heavy atom. The van der Waals surface area contributed by atoms with Gasteiger partial charge < -0.3 is 14.9 Å². The molecule has 0 spiro atoms. The van der Waals surface area contributed by atoms with E-state index in [2.05, 4.69) is 4.98 Å². The van der Waals surface area contributed by atoms with Gasteiger partial charge in [0.25, 0.3) is 5.91 Å². The number of thiazole rings is 1. The molecule has 17 heavy (non-hydrogen) atoms. The van der Waals surface area contributed by atoms with E-state index < -0.39 is 5.60 Å². The average Bonchev–Trinajstić information content (AvgIpc) is 2.85. The highest BCUT2D eigenvalue weighted by atomic mass is 32.1. The standard InChI is InChI=1S/C11H17N3O2S/c1-13(2)6-11(16)3-4-14(7-11)10(15)9-5-17-8-12-9/h5,8,16H,3-4,6-7H2,1-2H3. The van der Waals surface area contributed by atoms with Gasteiger partial charge >= 0.3 is 0 Å². The monoisotopic (exact) mass is 255 g/mol. The van der Waals surface area contributed by atoms with Crippen molar-refractivity contribution in [2.75, 3.05) is 33.7 Å². The first-order valence-corrected chi connectivity index (χ1v) is 6.49. The zero-order valence-electron chi connectivity index (χ0n) is 10.1. The normalized spacial score (nSPS) is 24.6. The van der Waals surface area contributed by atoms with E-state index in [4.69, 9.17) is 0 Å². The van der Waals surface area contributed by atoms with Crippen LogP contribution in [0.25, 0.3) is 0 Å². The Morgan fingerprint density at radius 2 is 2.47 bits per heavy atom. The summed E-state index contributed by atoms with van der Waals surface area (Å²) in [6.45, 7) is 1.57. The Bertz CT molecular complexity index is 393. The van der Waals surface area contributed by atoms with Gasteiger partial charge in [-0.15, -0.1) is 11.3 Å². The van der Waals surface area contributed by atoms with Gasteiger partial charge in [0.1, 0.15) is 5.69 Å². The molecule has 5 nitrogen and oxygen atoms in total. The summed E-state index contributed by atoms with van der Waals surface area (Å²) >= 11 is 1.41. The molecule has 1 aromatic heterocycles. The zero-order valence-corrected chi connectivity index (χ0v) is 10.9. The molecule has 0 radical (unpaired) electrons. The molecule has 2 rings (SSSR count). The Kier molecular flexibility index (Phi) is 3.46. The molecule has 1 amide bonds. The maximum Gasteiger partial charge on any atom is 0.273 e. The Hall–Kier alpha value is -0.980. The first-order chi connectivity index (χ1) is 8.00. The number of likely N-dealkylation sites (N-methyl/N-ethyl adjacent to an activating group) is 1. The van der Waals surface area contributed by atoms with Gasteiger partial charge in [-0.1, -0.05) is 0 Å². The molecule has 0 aromatic carbocycles. The largest absolute Gasteiger partial charge is 0.387 e. The Balaban J connectivity index is 2.00. The number of β-amino-alcohol motifs (C(OH)–C–C–N with tert-alkyl or cyclic N) is 1. The molecule has 1 unspecified atom stereocenters. The van der Waals surface area contributed by atoms with Crippen LogP contribution in [-0.4, -0.2) is 65.1 Å². The molecule has 1 fully saturated rings. The molecule has 2 heterocycles. The fourth-order valence-electron chi connectivity index (χ4n) is 2.23.